The molecule has 6 heteroatoms. The van der Waals surface area contributed by atoms with Crippen molar-refractivity contribution in [1.29, 1.82) is 0 Å². The minimum atomic E-state index is -4.11. The smallest absolute Gasteiger partial charge is 0.281 e. The van der Waals surface area contributed by atoms with Gasteiger partial charge >= 0.3 is 10.1 Å². The van der Waals surface area contributed by atoms with Crippen LogP contribution in [0, 0.1) is 0 Å². The third-order valence-electron chi connectivity index (χ3n) is 0.902. The second-order valence-corrected chi connectivity index (χ2v) is 3.01. The minimum Gasteiger partial charge on any atom is -0.281 e. The van der Waals surface area contributed by atoms with Crippen LogP contribution < -0.4 is 0 Å². The lowest BCUT2D eigenvalue weighted by molar-refractivity contribution is 0.479. The average Bonchev–Trinajstić information content (AvgIpc) is 1.88. The van der Waals surface area contributed by atoms with Crippen molar-refractivity contribution in [2.75, 3.05) is 0 Å². The topological polar surface area (TPSA) is 67.3 Å². The van der Waals surface area contributed by atoms with Crippen molar-refractivity contribution in [3.8, 4) is 0 Å². The molecule has 1 rings (SSSR count). The van der Waals surface area contributed by atoms with E-state index in [0.717, 1.165) is 0 Å². The third-order valence-corrected chi connectivity index (χ3v) is 1.67. The second-order valence-electron chi connectivity index (χ2n) is 1.64. The highest BCUT2D eigenvalue weighted by atomic mass is 32.2. The summed E-state index contributed by atoms with van der Waals surface area (Å²) in [4.78, 5) is 3.41. The molecule has 1 aromatic heterocycles. The number of rotatable bonds is 1. The molecule has 0 aliphatic rings. The zero-order valence-electron chi connectivity index (χ0n) is 4.93. The molecule has 0 radical (unpaired) electrons. The van der Waals surface area contributed by atoms with E-state index in [0.29, 0.717) is 0 Å². The van der Waals surface area contributed by atoms with Crippen LogP contribution in [0.25, 0.3) is 0 Å². The summed E-state index contributed by atoms with van der Waals surface area (Å²) in [6.07, 6.45) is 1.29. The van der Waals surface area contributed by atoms with Gasteiger partial charge in [0, 0.05) is 6.20 Å². The van der Waals surface area contributed by atoms with Crippen molar-refractivity contribution < 1.29 is 13.0 Å². The standard InChI is InChI=1S/C5H5NO3S.BH3/c7-10(8,9)5-3-1-2-4-6-5;/h1-4H,(H,7,8,9);1H3. The Labute approximate surface area is 66.6 Å². The Balaban J connectivity index is 0.000001000. The number of aromatic nitrogens is 1. The van der Waals surface area contributed by atoms with E-state index in [1.807, 2.05) is 0 Å². The molecular formula is C5H8BNO3S. The summed E-state index contributed by atoms with van der Waals surface area (Å²) in [6, 6.07) is 4.26. The van der Waals surface area contributed by atoms with E-state index in [-0.39, 0.29) is 13.4 Å². The van der Waals surface area contributed by atoms with E-state index >= 15 is 0 Å². The maximum atomic E-state index is 10.3. The van der Waals surface area contributed by atoms with E-state index in [4.69, 9.17) is 4.55 Å². The van der Waals surface area contributed by atoms with Crippen molar-refractivity contribution in [3.05, 3.63) is 24.4 Å². The van der Waals surface area contributed by atoms with Crippen LogP contribution in [0.2, 0.25) is 0 Å². The van der Waals surface area contributed by atoms with Crippen LogP contribution in [0.5, 0.6) is 0 Å². The second kappa shape index (κ2) is 3.50. The number of hydrogen-bond acceptors (Lipinski definition) is 3. The van der Waals surface area contributed by atoms with Crippen LogP contribution >= 0.6 is 0 Å². The Morgan fingerprint density at radius 2 is 2.00 bits per heavy atom. The Morgan fingerprint density at radius 1 is 1.36 bits per heavy atom. The van der Waals surface area contributed by atoms with Crippen molar-refractivity contribution in [2.45, 2.75) is 5.03 Å². The predicted octanol–water partition coefficient (Wildman–Crippen LogP) is -0.856. The molecule has 0 saturated heterocycles. The van der Waals surface area contributed by atoms with Gasteiger partial charge in [0.2, 0.25) is 0 Å². The van der Waals surface area contributed by atoms with Gasteiger partial charge in [-0.1, -0.05) is 6.07 Å². The van der Waals surface area contributed by atoms with Crippen molar-refractivity contribution in [3.63, 3.8) is 0 Å². The molecule has 0 aromatic carbocycles. The van der Waals surface area contributed by atoms with Gasteiger partial charge in [0.1, 0.15) is 0 Å². The lowest BCUT2D eigenvalue weighted by Crippen LogP contribution is -1.99. The SMILES string of the molecule is B.O=S(=O)(O)c1ccccn1. The predicted molar refractivity (Wildman–Crippen MR) is 44.0 cm³/mol. The maximum absolute atomic E-state index is 10.3. The van der Waals surface area contributed by atoms with Crippen molar-refractivity contribution in [1.82, 2.24) is 4.98 Å². The summed E-state index contributed by atoms with van der Waals surface area (Å²) in [7, 11) is -4.11. The molecule has 1 aromatic rings. The molecule has 11 heavy (non-hydrogen) atoms. The van der Waals surface area contributed by atoms with Gasteiger partial charge < -0.3 is 0 Å². The van der Waals surface area contributed by atoms with Gasteiger partial charge in [0.05, 0.1) is 8.41 Å². The van der Waals surface area contributed by atoms with Gasteiger partial charge in [-0.15, -0.1) is 0 Å². The first-order valence-electron chi connectivity index (χ1n) is 2.49. The average molecular weight is 173 g/mol. The highest BCUT2D eigenvalue weighted by Gasteiger charge is 2.07. The molecule has 0 spiro atoms. The molecular weight excluding hydrogens is 165 g/mol. The monoisotopic (exact) mass is 173 g/mol. The molecule has 4 nitrogen and oxygen atoms in total. The normalized spacial score (nSPS) is 10.3. The van der Waals surface area contributed by atoms with E-state index in [1.54, 1.807) is 6.07 Å². The highest BCUT2D eigenvalue weighted by Crippen LogP contribution is 2.00. The fourth-order valence-corrected chi connectivity index (χ4v) is 0.944. The maximum Gasteiger partial charge on any atom is 0.312 e. The number of nitrogens with zero attached hydrogens (tertiary/aromatic N) is 1. The van der Waals surface area contributed by atoms with Crippen LogP contribution in [0.1, 0.15) is 0 Å². The lowest BCUT2D eigenvalue weighted by Gasteiger charge is -1.91. The van der Waals surface area contributed by atoms with Gasteiger partial charge in [-0.25, -0.2) is 4.98 Å². The molecule has 0 aliphatic heterocycles. The molecule has 60 valence electrons. The first-order chi connectivity index (χ1) is 4.61. The van der Waals surface area contributed by atoms with Crippen LogP contribution in [-0.4, -0.2) is 26.4 Å². The molecule has 1 N–H and O–H groups in total. The van der Waals surface area contributed by atoms with Gasteiger partial charge in [-0.05, 0) is 12.1 Å². The fourth-order valence-electron chi connectivity index (χ4n) is 0.500. The number of pyridine rings is 1. The fraction of sp³-hybridized carbons (Fsp3) is 0. The molecule has 0 aliphatic carbocycles. The minimum absolute atomic E-state index is 0. The molecule has 0 bridgehead atoms. The Morgan fingerprint density at radius 3 is 2.27 bits per heavy atom. The van der Waals surface area contributed by atoms with Gasteiger partial charge in [-0.3, -0.25) is 4.55 Å². The summed E-state index contributed by atoms with van der Waals surface area (Å²) in [5.41, 5.74) is 0. The Hall–Kier alpha value is -0.875. The van der Waals surface area contributed by atoms with Crippen LogP contribution in [0.15, 0.2) is 29.4 Å². The quantitative estimate of drug-likeness (QED) is 0.443. The van der Waals surface area contributed by atoms with Gasteiger partial charge in [0.15, 0.2) is 5.03 Å². The molecule has 0 unspecified atom stereocenters. The van der Waals surface area contributed by atoms with E-state index in [9.17, 15) is 8.42 Å². The molecule has 0 atom stereocenters. The van der Waals surface area contributed by atoms with E-state index in [2.05, 4.69) is 4.98 Å². The molecule has 1 heterocycles. The summed E-state index contributed by atoms with van der Waals surface area (Å²) in [6.45, 7) is 0. The lowest BCUT2D eigenvalue weighted by atomic mass is 10.5. The van der Waals surface area contributed by atoms with Crippen molar-refractivity contribution >= 4 is 18.5 Å². The largest absolute Gasteiger partial charge is 0.312 e. The molecule has 0 saturated carbocycles. The van der Waals surface area contributed by atoms with Gasteiger partial charge in [0.25, 0.3) is 0 Å². The summed E-state index contributed by atoms with van der Waals surface area (Å²) in [5.74, 6) is 0. The number of hydrogen-bond donors (Lipinski definition) is 1. The Kier molecular flexibility index (Phi) is 3.22. The third kappa shape index (κ3) is 2.69. The van der Waals surface area contributed by atoms with Crippen LogP contribution in [-0.2, 0) is 10.1 Å². The summed E-state index contributed by atoms with van der Waals surface area (Å²) >= 11 is 0. The zero-order valence-corrected chi connectivity index (χ0v) is 5.75. The first-order valence-corrected chi connectivity index (χ1v) is 3.93. The summed E-state index contributed by atoms with van der Waals surface area (Å²) < 4.78 is 29.1. The van der Waals surface area contributed by atoms with Crippen LogP contribution in [0.3, 0.4) is 0 Å². The van der Waals surface area contributed by atoms with Gasteiger partial charge in [-0.2, -0.15) is 8.42 Å². The molecule has 0 fully saturated rings. The summed E-state index contributed by atoms with van der Waals surface area (Å²) in [5, 5.41) is -0.324. The Bertz CT molecular complexity index is 310. The van der Waals surface area contributed by atoms with E-state index in [1.165, 1.54) is 18.3 Å². The highest BCUT2D eigenvalue weighted by molar-refractivity contribution is 7.85. The van der Waals surface area contributed by atoms with E-state index < -0.39 is 10.1 Å². The molecule has 0 amide bonds. The van der Waals surface area contributed by atoms with Crippen LogP contribution in [0.4, 0.5) is 0 Å². The first kappa shape index (κ1) is 10.1. The zero-order chi connectivity index (χ0) is 7.61. The van der Waals surface area contributed by atoms with Crippen molar-refractivity contribution in [2.24, 2.45) is 0 Å².